The lowest BCUT2D eigenvalue weighted by molar-refractivity contribution is -0.113. The third-order valence-corrected chi connectivity index (χ3v) is 5.16. The van der Waals surface area contributed by atoms with Crippen LogP contribution in [-0.2, 0) is 9.59 Å². The van der Waals surface area contributed by atoms with Crippen molar-refractivity contribution in [2.45, 2.75) is 12.8 Å². The highest BCUT2D eigenvalue weighted by Crippen LogP contribution is 2.31. The summed E-state index contributed by atoms with van der Waals surface area (Å²) < 4.78 is 5.29. The molecule has 0 aliphatic heterocycles. The highest BCUT2D eigenvalue weighted by atomic mass is 32.1. The molecule has 4 rings (SSSR count). The lowest BCUT2D eigenvalue weighted by atomic mass is 10.0. The van der Waals surface area contributed by atoms with Crippen molar-refractivity contribution in [2.75, 3.05) is 6.54 Å². The Hall–Kier alpha value is -2.80. The van der Waals surface area contributed by atoms with Gasteiger partial charge in [-0.3, -0.25) is 14.4 Å². The van der Waals surface area contributed by atoms with E-state index in [0.717, 1.165) is 11.4 Å². The molecule has 7 heteroatoms. The number of nitrogens with one attached hydrogen (secondary N) is 1. The maximum absolute atomic E-state index is 12.1. The maximum Gasteiger partial charge on any atom is 0.261 e. The number of carbonyl (C=O) groups excluding carboxylic acids is 3. The van der Waals surface area contributed by atoms with Crippen molar-refractivity contribution < 1.29 is 18.9 Å². The number of ketones is 2. The molecule has 0 aromatic carbocycles. The highest BCUT2D eigenvalue weighted by Gasteiger charge is 2.23. The molecule has 2 aromatic rings. The van der Waals surface area contributed by atoms with Crippen molar-refractivity contribution in [3.8, 4) is 10.6 Å². The number of rotatable bonds is 5. The van der Waals surface area contributed by atoms with E-state index in [-0.39, 0.29) is 23.0 Å². The Bertz CT molecular complexity index is 931. The summed E-state index contributed by atoms with van der Waals surface area (Å²) in [5.41, 5.74) is 0.521. The predicted molar refractivity (Wildman–Crippen MR) is 92.0 cm³/mol. The van der Waals surface area contributed by atoms with Gasteiger partial charge in [0.05, 0.1) is 15.3 Å². The lowest BCUT2D eigenvalue weighted by Crippen LogP contribution is -2.24. The fourth-order valence-electron chi connectivity index (χ4n) is 2.47. The van der Waals surface area contributed by atoms with Gasteiger partial charge in [-0.15, -0.1) is 11.3 Å². The summed E-state index contributed by atoms with van der Waals surface area (Å²) in [5.74, 6) is 0.440. The molecule has 2 aromatic heterocycles. The van der Waals surface area contributed by atoms with Crippen molar-refractivity contribution in [3.05, 3.63) is 47.0 Å². The van der Waals surface area contributed by atoms with Gasteiger partial charge in [0.1, 0.15) is 5.69 Å². The van der Waals surface area contributed by atoms with Gasteiger partial charge in [0.15, 0.2) is 17.3 Å². The van der Waals surface area contributed by atoms with Crippen molar-refractivity contribution in [1.82, 2.24) is 10.5 Å². The Kier molecular flexibility index (Phi) is 3.93. The Balaban J connectivity index is 1.51. The summed E-state index contributed by atoms with van der Waals surface area (Å²) in [4.78, 5) is 36.8. The van der Waals surface area contributed by atoms with E-state index in [0.29, 0.717) is 22.2 Å². The zero-order valence-corrected chi connectivity index (χ0v) is 14.0. The number of thiophene rings is 1. The van der Waals surface area contributed by atoms with Gasteiger partial charge in [-0.25, -0.2) is 0 Å². The first-order chi connectivity index (χ1) is 12.1. The van der Waals surface area contributed by atoms with Crippen LogP contribution in [0.1, 0.15) is 28.2 Å². The van der Waals surface area contributed by atoms with E-state index in [4.69, 9.17) is 4.52 Å². The largest absolute Gasteiger partial charge is 0.355 e. The zero-order valence-electron chi connectivity index (χ0n) is 13.2. The molecular weight excluding hydrogens is 340 g/mol. The molecule has 0 spiro atoms. The first-order valence-electron chi connectivity index (χ1n) is 7.94. The van der Waals surface area contributed by atoms with Crippen LogP contribution in [0.2, 0.25) is 0 Å². The number of carbonyl (C=O) groups is 3. The third kappa shape index (κ3) is 3.36. The van der Waals surface area contributed by atoms with E-state index < -0.39 is 0 Å². The maximum atomic E-state index is 12.1. The Morgan fingerprint density at radius 2 is 2.12 bits per heavy atom. The Labute approximate surface area is 147 Å². The van der Waals surface area contributed by atoms with Gasteiger partial charge in [0, 0.05) is 12.6 Å². The number of nitrogens with zero attached hydrogens (tertiary/aromatic N) is 1. The molecule has 2 aliphatic carbocycles. The van der Waals surface area contributed by atoms with Gasteiger partial charge in [-0.2, -0.15) is 0 Å². The van der Waals surface area contributed by atoms with Gasteiger partial charge in [-0.05, 0) is 49.1 Å². The molecule has 0 radical (unpaired) electrons. The lowest BCUT2D eigenvalue weighted by Gasteiger charge is -2.01. The number of allylic oxidation sites excluding steroid dienone is 4. The normalized spacial score (nSPS) is 16.9. The predicted octanol–water partition coefficient (Wildman–Crippen LogP) is 2.63. The number of amides is 1. The van der Waals surface area contributed by atoms with Gasteiger partial charge < -0.3 is 9.84 Å². The minimum Gasteiger partial charge on any atom is -0.355 e. The second kappa shape index (κ2) is 6.25. The molecule has 1 fully saturated rings. The first-order valence-corrected chi connectivity index (χ1v) is 8.75. The minimum absolute atomic E-state index is 0.0937. The molecule has 0 bridgehead atoms. The van der Waals surface area contributed by atoms with Crippen LogP contribution in [0.5, 0.6) is 0 Å². The molecule has 6 nitrogen and oxygen atoms in total. The smallest absolute Gasteiger partial charge is 0.261 e. The quantitative estimate of drug-likeness (QED) is 0.834. The van der Waals surface area contributed by atoms with E-state index in [9.17, 15) is 14.4 Å². The minimum atomic E-state index is -0.286. The molecule has 0 saturated heterocycles. The second-order valence-corrected chi connectivity index (χ2v) is 7.14. The topological polar surface area (TPSA) is 89.3 Å². The van der Waals surface area contributed by atoms with Gasteiger partial charge in [0.2, 0.25) is 0 Å². The van der Waals surface area contributed by atoms with Crippen LogP contribution < -0.4 is 5.32 Å². The molecule has 1 N–H and O–H groups in total. The van der Waals surface area contributed by atoms with E-state index in [1.807, 2.05) is 0 Å². The second-order valence-electron chi connectivity index (χ2n) is 6.05. The van der Waals surface area contributed by atoms with Crippen LogP contribution in [0, 0.1) is 5.92 Å². The van der Waals surface area contributed by atoms with E-state index in [1.165, 1.54) is 42.4 Å². The molecule has 0 atom stereocenters. The molecule has 1 saturated carbocycles. The van der Waals surface area contributed by atoms with Crippen LogP contribution >= 0.6 is 11.3 Å². The summed E-state index contributed by atoms with van der Waals surface area (Å²) in [6, 6.07) is 5.12. The molecule has 1 amide bonds. The van der Waals surface area contributed by atoms with Gasteiger partial charge in [0.25, 0.3) is 5.91 Å². The van der Waals surface area contributed by atoms with E-state index in [1.54, 1.807) is 18.2 Å². The van der Waals surface area contributed by atoms with Crippen molar-refractivity contribution in [2.24, 2.45) is 5.92 Å². The average molecular weight is 354 g/mol. The summed E-state index contributed by atoms with van der Waals surface area (Å²) >= 11 is 1.30. The average Bonchev–Trinajstić information content (AvgIpc) is 3.10. The summed E-state index contributed by atoms with van der Waals surface area (Å²) in [6.45, 7) is 0.719. The summed E-state index contributed by atoms with van der Waals surface area (Å²) in [7, 11) is 0. The monoisotopic (exact) mass is 354 g/mol. The standard InChI is InChI=1S/C18H14N2O4S/c21-11-3-4-14(22)12(7-11)13-8-15(24-20-13)16-5-6-17(25-16)18(23)19-9-10-1-2-10/h3-8,10H,1-2,9H2,(H,19,23). The van der Waals surface area contributed by atoms with Crippen molar-refractivity contribution >= 4 is 34.4 Å². The molecule has 25 heavy (non-hydrogen) atoms. The Morgan fingerprint density at radius 3 is 2.92 bits per heavy atom. The number of hydrogen-bond acceptors (Lipinski definition) is 6. The van der Waals surface area contributed by atoms with Crippen LogP contribution in [0.3, 0.4) is 0 Å². The number of hydrogen-bond donors (Lipinski definition) is 1. The molecule has 2 aliphatic rings. The van der Waals surface area contributed by atoms with E-state index in [2.05, 4.69) is 10.5 Å². The molecule has 126 valence electrons. The highest BCUT2D eigenvalue weighted by molar-refractivity contribution is 7.17. The fraction of sp³-hybridized carbons (Fsp3) is 0.222. The molecule has 2 heterocycles. The summed E-state index contributed by atoms with van der Waals surface area (Å²) in [5, 5.41) is 6.80. The third-order valence-electron chi connectivity index (χ3n) is 4.06. The fourth-order valence-corrected chi connectivity index (χ4v) is 3.34. The van der Waals surface area contributed by atoms with Crippen LogP contribution in [0.15, 0.2) is 41.0 Å². The zero-order chi connectivity index (χ0) is 17.4. The molecule has 0 unspecified atom stereocenters. The van der Waals surface area contributed by atoms with Crippen LogP contribution in [-0.4, -0.2) is 29.2 Å². The van der Waals surface area contributed by atoms with E-state index >= 15 is 0 Å². The van der Waals surface area contributed by atoms with Crippen LogP contribution in [0.25, 0.3) is 16.2 Å². The van der Waals surface area contributed by atoms with Gasteiger partial charge >= 0.3 is 0 Å². The van der Waals surface area contributed by atoms with Gasteiger partial charge in [-0.1, -0.05) is 5.16 Å². The van der Waals surface area contributed by atoms with Crippen molar-refractivity contribution in [3.63, 3.8) is 0 Å². The van der Waals surface area contributed by atoms with Crippen LogP contribution in [0.4, 0.5) is 0 Å². The SMILES string of the molecule is O=C1C=CC(=O)C(c2cc(-c3ccc(C(=O)NCC4CC4)s3)on2)=C1. The first kappa shape index (κ1) is 15.7. The Morgan fingerprint density at radius 1 is 1.28 bits per heavy atom. The number of aromatic nitrogens is 1. The molecular formula is C18H14N2O4S. The summed E-state index contributed by atoms with van der Waals surface area (Å²) in [6.07, 6.45) is 6.05. The van der Waals surface area contributed by atoms with Crippen molar-refractivity contribution in [1.29, 1.82) is 0 Å².